The Hall–Kier alpha value is 0.576. The normalized spacial score (nSPS) is 12.3. The van der Waals surface area contributed by atoms with Gasteiger partial charge in [0.25, 0.3) is 0 Å². The van der Waals surface area contributed by atoms with Crippen LogP contribution in [0.3, 0.4) is 0 Å². The molecule has 0 aromatic rings. The van der Waals surface area contributed by atoms with Gasteiger partial charge in [-0.3, -0.25) is 9.59 Å². The van der Waals surface area contributed by atoms with Crippen molar-refractivity contribution >= 4 is 63.3 Å². The molecule has 0 saturated heterocycles. The number of hydrogen-bond donors (Lipinski definition) is 2. The second-order valence-corrected chi connectivity index (χ2v) is 4.56. The van der Waals surface area contributed by atoms with Crippen molar-refractivity contribution in [2.75, 3.05) is 0 Å². The van der Waals surface area contributed by atoms with Gasteiger partial charge in [-0.15, -0.1) is 0 Å². The number of rotatable bonds is 8. The molecule has 0 aromatic carbocycles. The zero-order valence-electron chi connectivity index (χ0n) is 10.3. The summed E-state index contributed by atoms with van der Waals surface area (Å²) >= 11 is 0. The summed E-state index contributed by atoms with van der Waals surface area (Å²) in [4.78, 5) is 21.9. The molecule has 96 valence electrons. The van der Waals surface area contributed by atoms with Gasteiger partial charge in [0, 0.05) is 0 Å². The second-order valence-electron chi connectivity index (χ2n) is 4.56. The van der Waals surface area contributed by atoms with E-state index in [1.54, 1.807) is 0 Å². The first kappa shape index (κ1) is 19.9. The molecule has 0 saturated carbocycles. The van der Waals surface area contributed by atoms with Gasteiger partial charge < -0.3 is 10.2 Å². The van der Waals surface area contributed by atoms with E-state index in [1.165, 1.54) is 0 Å². The van der Waals surface area contributed by atoms with E-state index in [2.05, 4.69) is 6.92 Å². The van der Waals surface area contributed by atoms with Gasteiger partial charge in [0.05, 0.1) is 0 Å². The Bertz CT molecular complexity index is 227. The summed E-state index contributed by atoms with van der Waals surface area (Å²) in [5.41, 5.74) is 0. The van der Waals surface area contributed by atoms with Gasteiger partial charge >= 0.3 is 63.3 Å². The van der Waals surface area contributed by atoms with E-state index in [9.17, 15) is 9.59 Å². The van der Waals surface area contributed by atoms with Crippen LogP contribution in [0.2, 0.25) is 0 Å². The predicted molar refractivity (Wildman–Crippen MR) is 68.4 cm³/mol. The summed E-state index contributed by atoms with van der Waals surface area (Å²) in [5.74, 6) is -3.90. The van der Waals surface area contributed by atoms with Crippen LogP contribution in [-0.4, -0.2) is 73.5 Å². The monoisotopic (exact) mass is 270 g/mol. The van der Waals surface area contributed by atoms with Gasteiger partial charge in [-0.25, -0.2) is 0 Å². The molecule has 17 heavy (non-hydrogen) atoms. The number of carboxylic acid groups (broad SMARTS) is 2. The summed E-state index contributed by atoms with van der Waals surface area (Å²) in [6.07, 6.45) is 3.65. The molecular formula is C12H23KO4. The fraction of sp³-hybridized carbons (Fsp3) is 0.833. The van der Waals surface area contributed by atoms with Gasteiger partial charge in [0.15, 0.2) is 5.92 Å². The average molecular weight is 270 g/mol. The van der Waals surface area contributed by atoms with Crippen molar-refractivity contribution in [3.8, 4) is 0 Å². The topological polar surface area (TPSA) is 74.6 Å². The van der Waals surface area contributed by atoms with E-state index < -0.39 is 17.9 Å². The van der Waals surface area contributed by atoms with Crippen molar-refractivity contribution < 1.29 is 19.8 Å². The van der Waals surface area contributed by atoms with E-state index >= 15 is 0 Å². The van der Waals surface area contributed by atoms with E-state index in [1.807, 2.05) is 13.8 Å². The first-order valence-corrected chi connectivity index (χ1v) is 5.87. The molecule has 0 amide bonds. The fourth-order valence-electron chi connectivity index (χ4n) is 1.99. The Morgan fingerprint density at radius 2 is 1.53 bits per heavy atom. The van der Waals surface area contributed by atoms with Crippen LogP contribution in [0, 0.1) is 17.8 Å². The molecule has 5 heteroatoms. The van der Waals surface area contributed by atoms with Crippen LogP contribution in [0.25, 0.3) is 0 Å². The van der Waals surface area contributed by atoms with Crippen molar-refractivity contribution in [2.24, 2.45) is 17.8 Å². The molecule has 0 aromatic heterocycles. The predicted octanol–water partition coefficient (Wildman–Crippen LogP) is 1.98. The summed E-state index contributed by atoms with van der Waals surface area (Å²) < 4.78 is 0. The van der Waals surface area contributed by atoms with Gasteiger partial charge in [0.1, 0.15) is 0 Å². The molecule has 2 N–H and O–H groups in total. The SMILES string of the molecule is CCCCCC(C(C)C)C(C(=O)O)C(=O)O.[KH]. The Kier molecular flexibility index (Phi) is 12.3. The molecule has 4 nitrogen and oxygen atoms in total. The van der Waals surface area contributed by atoms with Crippen molar-refractivity contribution in [1.29, 1.82) is 0 Å². The Balaban J connectivity index is 0. The van der Waals surface area contributed by atoms with Crippen molar-refractivity contribution in [3.05, 3.63) is 0 Å². The van der Waals surface area contributed by atoms with Crippen molar-refractivity contribution in [3.63, 3.8) is 0 Å². The fourth-order valence-corrected chi connectivity index (χ4v) is 1.99. The maximum absolute atomic E-state index is 10.9. The Labute approximate surface area is 146 Å². The molecule has 0 aliphatic heterocycles. The molecule has 1 unspecified atom stereocenters. The third-order valence-corrected chi connectivity index (χ3v) is 2.96. The second kappa shape index (κ2) is 10.5. The molecule has 0 aliphatic rings. The Morgan fingerprint density at radius 3 is 1.82 bits per heavy atom. The van der Waals surface area contributed by atoms with Gasteiger partial charge in [-0.05, 0) is 18.3 Å². The van der Waals surface area contributed by atoms with Crippen LogP contribution in [0.4, 0.5) is 0 Å². The minimum absolute atomic E-state index is 0. The molecule has 1 atom stereocenters. The molecule has 0 spiro atoms. The van der Waals surface area contributed by atoms with E-state index in [4.69, 9.17) is 10.2 Å². The zero-order chi connectivity index (χ0) is 12.7. The molecule has 0 aliphatic carbocycles. The van der Waals surface area contributed by atoms with E-state index in [-0.39, 0.29) is 63.2 Å². The number of carbonyl (C=O) groups is 2. The molecule has 0 radical (unpaired) electrons. The zero-order valence-corrected chi connectivity index (χ0v) is 10.3. The van der Waals surface area contributed by atoms with Gasteiger partial charge in [0.2, 0.25) is 0 Å². The Morgan fingerprint density at radius 1 is 1.06 bits per heavy atom. The molecular weight excluding hydrogens is 247 g/mol. The number of carboxylic acids is 2. The molecule has 0 bridgehead atoms. The number of unbranched alkanes of at least 4 members (excludes halogenated alkanes) is 2. The number of hydrogen-bond acceptors (Lipinski definition) is 2. The quantitative estimate of drug-likeness (QED) is 0.402. The number of aliphatic carboxylic acids is 2. The van der Waals surface area contributed by atoms with Crippen molar-refractivity contribution in [2.45, 2.75) is 46.5 Å². The summed E-state index contributed by atoms with van der Waals surface area (Å²) in [5, 5.41) is 17.9. The molecule has 0 heterocycles. The first-order chi connectivity index (χ1) is 7.41. The van der Waals surface area contributed by atoms with Crippen LogP contribution in [0.5, 0.6) is 0 Å². The van der Waals surface area contributed by atoms with Crippen LogP contribution in [-0.2, 0) is 9.59 Å². The van der Waals surface area contributed by atoms with Gasteiger partial charge in [-0.1, -0.05) is 40.0 Å². The summed E-state index contributed by atoms with van der Waals surface area (Å²) in [6, 6.07) is 0. The first-order valence-electron chi connectivity index (χ1n) is 5.87. The van der Waals surface area contributed by atoms with Crippen LogP contribution < -0.4 is 0 Å². The van der Waals surface area contributed by atoms with E-state index in [0.717, 1.165) is 19.3 Å². The summed E-state index contributed by atoms with van der Waals surface area (Å²) in [7, 11) is 0. The third-order valence-electron chi connectivity index (χ3n) is 2.96. The standard InChI is InChI=1S/C12H22O4.K.H/c1-4-5-6-7-9(8(2)3)10(11(13)14)12(15)16;;/h8-10H,4-7H2,1-3H3,(H,13,14)(H,15,16);;. The van der Waals surface area contributed by atoms with Crippen LogP contribution in [0.15, 0.2) is 0 Å². The third kappa shape index (κ3) is 7.57. The van der Waals surface area contributed by atoms with Crippen molar-refractivity contribution in [1.82, 2.24) is 0 Å². The average Bonchev–Trinajstić information content (AvgIpc) is 2.14. The van der Waals surface area contributed by atoms with Crippen LogP contribution in [0.1, 0.15) is 46.5 Å². The molecule has 0 rings (SSSR count). The maximum atomic E-state index is 10.9. The van der Waals surface area contributed by atoms with Gasteiger partial charge in [-0.2, -0.15) is 0 Å². The summed E-state index contributed by atoms with van der Waals surface area (Å²) in [6.45, 7) is 5.83. The van der Waals surface area contributed by atoms with Crippen LogP contribution >= 0.6 is 0 Å². The minimum atomic E-state index is -1.27. The van der Waals surface area contributed by atoms with E-state index in [0.29, 0.717) is 6.42 Å². The molecule has 0 fully saturated rings.